The molecule has 1 unspecified atom stereocenters. The molecule has 6 nitrogen and oxygen atoms in total. The van der Waals surface area contributed by atoms with E-state index < -0.39 is 0 Å². The SMILES string of the molecule is CCNC(=NCC(C)(C)NC(C)c1ccccc1)NC1CCN(c2ccc(C)cn2)CC1. The van der Waals surface area contributed by atoms with Gasteiger partial charge >= 0.3 is 0 Å². The lowest BCUT2D eigenvalue weighted by Gasteiger charge is -2.34. The van der Waals surface area contributed by atoms with Gasteiger partial charge in [-0.2, -0.15) is 0 Å². The number of guanidine groups is 1. The summed E-state index contributed by atoms with van der Waals surface area (Å²) >= 11 is 0. The molecule has 1 aromatic heterocycles. The molecule has 1 aliphatic heterocycles. The normalized spacial score (nSPS) is 16.7. The second-order valence-electron chi connectivity index (χ2n) is 9.46. The fourth-order valence-electron chi connectivity index (χ4n) is 4.15. The molecule has 0 saturated carbocycles. The summed E-state index contributed by atoms with van der Waals surface area (Å²) in [6.45, 7) is 14.4. The van der Waals surface area contributed by atoms with Crippen LogP contribution in [0.5, 0.6) is 0 Å². The monoisotopic (exact) mass is 436 g/mol. The van der Waals surface area contributed by atoms with Gasteiger partial charge in [0.15, 0.2) is 5.96 Å². The Labute approximate surface area is 193 Å². The summed E-state index contributed by atoms with van der Waals surface area (Å²) in [6.07, 6.45) is 4.10. The number of aliphatic imine (C=N–C) groups is 1. The van der Waals surface area contributed by atoms with Crippen LogP contribution in [0.15, 0.2) is 53.7 Å². The van der Waals surface area contributed by atoms with Crippen molar-refractivity contribution in [3.8, 4) is 0 Å². The molecular weight excluding hydrogens is 396 g/mol. The summed E-state index contributed by atoms with van der Waals surface area (Å²) in [4.78, 5) is 11.9. The van der Waals surface area contributed by atoms with E-state index in [-0.39, 0.29) is 11.6 Å². The number of pyridine rings is 1. The Bertz CT molecular complexity index is 838. The van der Waals surface area contributed by atoms with E-state index in [1.165, 1.54) is 11.1 Å². The van der Waals surface area contributed by atoms with E-state index in [1.54, 1.807) is 0 Å². The van der Waals surface area contributed by atoms with Gasteiger partial charge in [-0.15, -0.1) is 0 Å². The van der Waals surface area contributed by atoms with E-state index in [4.69, 9.17) is 4.99 Å². The van der Waals surface area contributed by atoms with Gasteiger partial charge < -0.3 is 20.9 Å². The Hall–Kier alpha value is -2.60. The highest BCUT2D eigenvalue weighted by atomic mass is 15.2. The van der Waals surface area contributed by atoms with Gasteiger partial charge in [0.2, 0.25) is 0 Å². The van der Waals surface area contributed by atoms with Crippen molar-refractivity contribution < 1.29 is 0 Å². The molecule has 0 radical (unpaired) electrons. The number of rotatable bonds is 8. The third kappa shape index (κ3) is 7.23. The van der Waals surface area contributed by atoms with E-state index >= 15 is 0 Å². The molecule has 174 valence electrons. The number of piperidine rings is 1. The van der Waals surface area contributed by atoms with Gasteiger partial charge in [0.05, 0.1) is 6.54 Å². The first-order valence-electron chi connectivity index (χ1n) is 11.9. The van der Waals surface area contributed by atoms with Crippen molar-refractivity contribution in [2.75, 3.05) is 31.1 Å². The zero-order chi connectivity index (χ0) is 23.0. The number of hydrogen-bond acceptors (Lipinski definition) is 4. The highest BCUT2D eigenvalue weighted by molar-refractivity contribution is 5.80. The summed E-state index contributed by atoms with van der Waals surface area (Å²) in [5, 5.41) is 10.8. The van der Waals surface area contributed by atoms with Crippen molar-refractivity contribution >= 4 is 11.8 Å². The lowest BCUT2D eigenvalue weighted by Crippen LogP contribution is -2.50. The van der Waals surface area contributed by atoms with Crippen molar-refractivity contribution in [1.29, 1.82) is 0 Å². The fraction of sp³-hybridized carbons (Fsp3) is 0.538. The number of benzene rings is 1. The molecule has 32 heavy (non-hydrogen) atoms. The molecule has 2 heterocycles. The molecule has 2 aromatic rings. The minimum atomic E-state index is -0.113. The predicted octanol–water partition coefficient (Wildman–Crippen LogP) is 4.04. The molecule has 1 saturated heterocycles. The molecule has 1 aliphatic rings. The summed E-state index contributed by atoms with van der Waals surface area (Å²) in [7, 11) is 0. The predicted molar refractivity (Wildman–Crippen MR) is 135 cm³/mol. The van der Waals surface area contributed by atoms with Crippen LogP contribution in [0, 0.1) is 6.92 Å². The van der Waals surface area contributed by atoms with Crippen LogP contribution in [-0.4, -0.2) is 48.7 Å². The average molecular weight is 437 g/mol. The van der Waals surface area contributed by atoms with Gasteiger partial charge in [0, 0.05) is 43.5 Å². The van der Waals surface area contributed by atoms with Gasteiger partial charge in [-0.1, -0.05) is 36.4 Å². The molecule has 3 N–H and O–H groups in total. The van der Waals surface area contributed by atoms with Crippen LogP contribution in [0.25, 0.3) is 0 Å². The summed E-state index contributed by atoms with van der Waals surface area (Å²) < 4.78 is 0. The average Bonchev–Trinajstić information content (AvgIpc) is 2.79. The minimum Gasteiger partial charge on any atom is -0.357 e. The molecule has 6 heteroatoms. The van der Waals surface area contributed by atoms with E-state index in [0.717, 1.165) is 44.3 Å². The van der Waals surface area contributed by atoms with Crippen molar-refractivity contribution in [2.45, 2.75) is 65.1 Å². The maximum absolute atomic E-state index is 4.92. The topological polar surface area (TPSA) is 64.6 Å². The quantitative estimate of drug-likeness (QED) is 0.430. The van der Waals surface area contributed by atoms with Crippen molar-refractivity contribution in [3.63, 3.8) is 0 Å². The number of anilines is 1. The molecule has 3 rings (SSSR count). The van der Waals surface area contributed by atoms with Crippen LogP contribution >= 0.6 is 0 Å². The molecule has 0 amide bonds. The maximum Gasteiger partial charge on any atom is 0.191 e. The summed E-state index contributed by atoms with van der Waals surface area (Å²) in [5.74, 6) is 1.98. The minimum absolute atomic E-state index is 0.113. The maximum atomic E-state index is 4.92. The Morgan fingerprint density at radius 1 is 1.16 bits per heavy atom. The van der Waals surface area contributed by atoms with Crippen molar-refractivity contribution in [3.05, 3.63) is 59.8 Å². The number of aryl methyl sites for hydroxylation is 1. The summed E-state index contributed by atoms with van der Waals surface area (Å²) in [5.41, 5.74) is 2.38. The molecule has 0 aliphatic carbocycles. The van der Waals surface area contributed by atoms with Gasteiger partial charge in [0.1, 0.15) is 5.82 Å². The summed E-state index contributed by atoms with van der Waals surface area (Å²) in [6, 6.07) is 15.5. The third-order valence-corrected chi connectivity index (χ3v) is 5.94. The Morgan fingerprint density at radius 3 is 2.50 bits per heavy atom. The number of hydrogen-bond donors (Lipinski definition) is 3. The molecule has 0 bridgehead atoms. The van der Waals surface area contributed by atoms with Gasteiger partial charge in [-0.25, -0.2) is 4.98 Å². The van der Waals surface area contributed by atoms with Crippen LogP contribution in [0.1, 0.15) is 57.7 Å². The zero-order valence-corrected chi connectivity index (χ0v) is 20.4. The lowest BCUT2D eigenvalue weighted by molar-refractivity contribution is 0.356. The van der Waals surface area contributed by atoms with Crippen LogP contribution in [0.2, 0.25) is 0 Å². The van der Waals surface area contributed by atoms with Gasteiger partial charge in [-0.3, -0.25) is 4.99 Å². The second kappa shape index (κ2) is 11.3. The first kappa shape index (κ1) is 24.1. The number of nitrogens with zero attached hydrogens (tertiary/aromatic N) is 3. The van der Waals surface area contributed by atoms with Crippen LogP contribution in [-0.2, 0) is 0 Å². The lowest BCUT2D eigenvalue weighted by atomic mass is 10.0. The Kier molecular flexibility index (Phi) is 8.51. The first-order chi connectivity index (χ1) is 15.4. The number of nitrogens with one attached hydrogen (secondary N) is 3. The molecule has 1 fully saturated rings. The van der Waals surface area contributed by atoms with E-state index in [9.17, 15) is 0 Å². The van der Waals surface area contributed by atoms with Crippen LogP contribution in [0.3, 0.4) is 0 Å². The molecule has 0 spiro atoms. The highest BCUT2D eigenvalue weighted by Crippen LogP contribution is 2.19. The van der Waals surface area contributed by atoms with E-state index in [0.29, 0.717) is 12.6 Å². The highest BCUT2D eigenvalue weighted by Gasteiger charge is 2.23. The largest absolute Gasteiger partial charge is 0.357 e. The van der Waals surface area contributed by atoms with Crippen molar-refractivity contribution in [1.82, 2.24) is 20.9 Å². The van der Waals surface area contributed by atoms with Crippen LogP contribution in [0.4, 0.5) is 5.82 Å². The zero-order valence-electron chi connectivity index (χ0n) is 20.4. The van der Waals surface area contributed by atoms with E-state index in [1.807, 2.05) is 6.20 Å². The van der Waals surface area contributed by atoms with E-state index in [2.05, 4.69) is 103 Å². The number of aromatic nitrogens is 1. The smallest absolute Gasteiger partial charge is 0.191 e. The van der Waals surface area contributed by atoms with Crippen molar-refractivity contribution in [2.24, 2.45) is 4.99 Å². The molecule has 1 atom stereocenters. The molecular formula is C26H40N6. The third-order valence-electron chi connectivity index (χ3n) is 5.94. The Morgan fingerprint density at radius 2 is 1.88 bits per heavy atom. The first-order valence-corrected chi connectivity index (χ1v) is 11.9. The molecule has 1 aromatic carbocycles. The Balaban J connectivity index is 1.52. The fourth-order valence-corrected chi connectivity index (χ4v) is 4.15. The van der Waals surface area contributed by atoms with Gasteiger partial charge in [0.25, 0.3) is 0 Å². The van der Waals surface area contributed by atoms with Crippen LogP contribution < -0.4 is 20.9 Å². The standard InChI is InChI=1S/C26H40N6/c1-6-27-25(29-19-26(4,5)31-21(3)22-10-8-7-9-11-22)30-23-14-16-32(17-15-23)24-13-12-20(2)18-28-24/h7-13,18,21,23,31H,6,14-17,19H2,1-5H3,(H2,27,29,30). The van der Waals surface area contributed by atoms with Gasteiger partial charge in [-0.05, 0) is 64.7 Å². The second-order valence-corrected chi connectivity index (χ2v) is 9.46.